The van der Waals surface area contributed by atoms with E-state index in [0.717, 1.165) is 0 Å². The second-order valence-corrected chi connectivity index (χ2v) is 4.57. The van der Waals surface area contributed by atoms with Crippen LogP contribution >= 0.6 is 0 Å². The summed E-state index contributed by atoms with van der Waals surface area (Å²) < 4.78 is 40.4. The zero-order valence-corrected chi connectivity index (χ0v) is 10.8. The van der Waals surface area contributed by atoms with Crippen molar-refractivity contribution in [2.45, 2.75) is 12.5 Å². The van der Waals surface area contributed by atoms with E-state index in [4.69, 9.17) is 0 Å². The largest absolute Gasteiger partial charge is 0.324 e. The van der Waals surface area contributed by atoms with Crippen LogP contribution in [0.3, 0.4) is 0 Å². The Hall–Kier alpha value is -2.91. The van der Waals surface area contributed by atoms with Crippen molar-refractivity contribution >= 4 is 23.5 Å². The van der Waals surface area contributed by atoms with E-state index in [9.17, 15) is 22.8 Å². The lowest BCUT2D eigenvalue weighted by Gasteiger charge is -2.23. The van der Waals surface area contributed by atoms with Crippen molar-refractivity contribution in [2.24, 2.45) is 0 Å². The highest BCUT2D eigenvalue weighted by Crippen LogP contribution is 2.24. The molecule has 1 aromatic carbocycles. The van der Waals surface area contributed by atoms with Crippen LogP contribution in [0.5, 0.6) is 0 Å². The lowest BCUT2D eigenvalue weighted by Crippen LogP contribution is -2.35. The van der Waals surface area contributed by atoms with E-state index in [-0.39, 0.29) is 18.1 Å². The number of anilines is 2. The molecule has 0 saturated heterocycles. The lowest BCUT2D eigenvalue weighted by molar-refractivity contribution is -0.125. The molecule has 10 heteroatoms. The van der Waals surface area contributed by atoms with Gasteiger partial charge < -0.3 is 5.32 Å². The predicted molar refractivity (Wildman–Crippen MR) is 67.3 cm³/mol. The number of fused-ring (bicyclic) bond motifs is 1. The van der Waals surface area contributed by atoms with Crippen LogP contribution in [0.1, 0.15) is 12.5 Å². The summed E-state index contributed by atoms with van der Waals surface area (Å²) in [5.41, 5.74) is -0.262. The van der Waals surface area contributed by atoms with E-state index in [0.29, 0.717) is 12.1 Å². The molecule has 1 aliphatic rings. The van der Waals surface area contributed by atoms with Gasteiger partial charge in [-0.3, -0.25) is 19.5 Å². The molecule has 1 unspecified atom stereocenters. The van der Waals surface area contributed by atoms with Crippen LogP contribution in [0, 0.1) is 17.5 Å². The van der Waals surface area contributed by atoms with Crippen LogP contribution in [-0.4, -0.2) is 26.6 Å². The molecule has 0 spiro atoms. The molecule has 2 N–H and O–H groups in total. The molecule has 114 valence electrons. The molecule has 0 bridgehead atoms. The Morgan fingerprint density at radius 2 is 2.00 bits per heavy atom. The lowest BCUT2D eigenvalue weighted by atomic mass is 10.1. The number of amides is 2. The molecule has 0 saturated carbocycles. The Morgan fingerprint density at radius 1 is 1.32 bits per heavy atom. The van der Waals surface area contributed by atoms with Crippen molar-refractivity contribution in [1.29, 1.82) is 0 Å². The van der Waals surface area contributed by atoms with Crippen LogP contribution in [0.15, 0.2) is 18.5 Å². The van der Waals surface area contributed by atoms with E-state index in [1.807, 2.05) is 0 Å². The highest BCUT2D eigenvalue weighted by Gasteiger charge is 2.31. The Balaban J connectivity index is 1.86. The summed E-state index contributed by atoms with van der Waals surface area (Å²) in [6.45, 7) is 0. The maximum absolute atomic E-state index is 13.1. The second kappa shape index (κ2) is 5.13. The Bertz CT molecular complexity index is 753. The Kier molecular flexibility index (Phi) is 3.28. The van der Waals surface area contributed by atoms with E-state index in [2.05, 4.69) is 20.8 Å². The zero-order valence-electron chi connectivity index (χ0n) is 10.8. The van der Waals surface area contributed by atoms with Crippen molar-refractivity contribution in [1.82, 2.24) is 14.8 Å². The van der Waals surface area contributed by atoms with Gasteiger partial charge in [0.2, 0.25) is 17.8 Å². The standard InChI is InChI=1S/C12H8F3N5O2/c13-6-1-5(2-7(14)10(6)15)17-11(22)8-3-9(21)18-12-19-16-4-20(8)12/h1-2,4,8H,3H2,(H,17,22)(H,18,19,21). The number of hydrogen-bond acceptors (Lipinski definition) is 4. The molecule has 0 radical (unpaired) electrons. The summed E-state index contributed by atoms with van der Waals surface area (Å²) in [6.07, 6.45) is 1.05. The van der Waals surface area contributed by atoms with E-state index >= 15 is 0 Å². The second-order valence-electron chi connectivity index (χ2n) is 4.57. The molecule has 1 aromatic heterocycles. The summed E-state index contributed by atoms with van der Waals surface area (Å²) in [5.74, 6) is -5.55. The average Bonchev–Trinajstić information content (AvgIpc) is 2.91. The van der Waals surface area contributed by atoms with Gasteiger partial charge in [0.1, 0.15) is 12.4 Å². The molecule has 3 rings (SSSR count). The number of aromatic nitrogens is 3. The van der Waals surface area contributed by atoms with Gasteiger partial charge in [0.05, 0.1) is 6.42 Å². The first-order valence-corrected chi connectivity index (χ1v) is 6.10. The smallest absolute Gasteiger partial charge is 0.248 e. The molecular formula is C12H8F3N5O2. The summed E-state index contributed by atoms with van der Waals surface area (Å²) in [6, 6.07) is 0.313. The fraction of sp³-hybridized carbons (Fsp3) is 0.167. The van der Waals surface area contributed by atoms with Crippen LogP contribution in [0.4, 0.5) is 24.8 Å². The molecule has 22 heavy (non-hydrogen) atoms. The quantitative estimate of drug-likeness (QED) is 0.816. The number of nitrogens with zero attached hydrogens (tertiary/aromatic N) is 3. The third kappa shape index (κ3) is 2.38. The summed E-state index contributed by atoms with van der Waals surface area (Å²) in [4.78, 5) is 23.7. The topological polar surface area (TPSA) is 88.9 Å². The minimum Gasteiger partial charge on any atom is -0.324 e. The normalized spacial score (nSPS) is 16.9. The van der Waals surface area contributed by atoms with Crippen molar-refractivity contribution in [3.05, 3.63) is 35.9 Å². The van der Waals surface area contributed by atoms with Crippen LogP contribution < -0.4 is 10.6 Å². The van der Waals surface area contributed by atoms with Crippen molar-refractivity contribution in [2.75, 3.05) is 10.6 Å². The molecule has 0 aliphatic carbocycles. The minimum atomic E-state index is -1.63. The third-order valence-corrected chi connectivity index (χ3v) is 3.09. The van der Waals surface area contributed by atoms with Gasteiger partial charge in [-0.2, -0.15) is 0 Å². The number of carbonyl (C=O) groups excluding carboxylic acids is 2. The molecule has 7 nitrogen and oxygen atoms in total. The number of nitrogens with one attached hydrogen (secondary N) is 2. The molecule has 1 atom stereocenters. The monoisotopic (exact) mass is 311 g/mol. The van der Waals surface area contributed by atoms with Gasteiger partial charge in [-0.15, -0.1) is 10.2 Å². The first kappa shape index (κ1) is 14.0. The van der Waals surface area contributed by atoms with Gasteiger partial charge in [0, 0.05) is 17.8 Å². The number of hydrogen-bond donors (Lipinski definition) is 2. The molecule has 2 amide bonds. The summed E-state index contributed by atoms with van der Waals surface area (Å²) in [5, 5.41) is 11.8. The maximum Gasteiger partial charge on any atom is 0.248 e. The molecule has 2 aromatic rings. The van der Waals surface area contributed by atoms with Crippen molar-refractivity contribution in [3.8, 4) is 0 Å². The average molecular weight is 311 g/mol. The Morgan fingerprint density at radius 3 is 2.68 bits per heavy atom. The van der Waals surface area contributed by atoms with Gasteiger partial charge in [0.25, 0.3) is 0 Å². The van der Waals surface area contributed by atoms with Gasteiger partial charge in [-0.1, -0.05) is 0 Å². The van der Waals surface area contributed by atoms with Crippen LogP contribution in [0.2, 0.25) is 0 Å². The van der Waals surface area contributed by atoms with E-state index < -0.39 is 35.3 Å². The number of halogens is 3. The Labute approximate surface area is 121 Å². The fourth-order valence-electron chi connectivity index (χ4n) is 2.08. The van der Waals surface area contributed by atoms with E-state index in [1.54, 1.807) is 0 Å². The fourth-order valence-corrected chi connectivity index (χ4v) is 2.08. The summed E-state index contributed by atoms with van der Waals surface area (Å²) in [7, 11) is 0. The number of benzene rings is 1. The number of carbonyl (C=O) groups is 2. The van der Waals surface area contributed by atoms with Crippen molar-refractivity contribution < 1.29 is 22.8 Å². The molecule has 0 fully saturated rings. The zero-order chi connectivity index (χ0) is 15.9. The highest BCUT2D eigenvalue weighted by molar-refractivity contribution is 6.00. The van der Waals surface area contributed by atoms with Gasteiger partial charge >= 0.3 is 0 Å². The van der Waals surface area contributed by atoms with Crippen molar-refractivity contribution in [3.63, 3.8) is 0 Å². The van der Waals surface area contributed by atoms with Crippen LogP contribution in [0.25, 0.3) is 0 Å². The maximum atomic E-state index is 13.1. The molecule has 2 heterocycles. The predicted octanol–water partition coefficient (Wildman–Crippen LogP) is 1.22. The van der Waals surface area contributed by atoms with Gasteiger partial charge in [-0.25, -0.2) is 13.2 Å². The highest BCUT2D eigenvalue weighted by atomic mass is 19.2. The van der Waals surface area contributed by atoms with E-state index in [1.165, 1.54) is 10.9 Å². The molecular weight excluding hydrogens is 303 g/mol. The SMILES string of the molecule is O=C1CC(C(=O)Nc2cc(F)c(F)c(F)c2)n2cnnc2N1. The first-order chi connectivity index (χ1) is 10.5. The first-order valence-electron chi connectivity index (χ1n) is 6.10. The van der Waals surface area contributed by atoms with Gasteiger partial charge in [0.15, 0.2) is 17.5 Å². The summed E-state index contributed by atoms with van der Waals surface area (Å²) >= 11 is 0. The third-order valence-electron chi connectivity index (χ3n) is 3.09. The number of rotatable bonds is 2. The van der Waals surface area contributed by atoms with Crippen LogP contribution in [-0.2, 0) is 9.59 Å². The molecule has 1 aliphatic heterocycles. The minimum absolute atomic E-state index is 0.0906. The van der Waals surface area contributed by atoms with Gasteiger partial charge in [-0.05, 0) is 0 Å².